The molecule has 2 aromatic rings. The van der Waals surface area contributed by atoms with Crippen molar-refractivity contribution in [2.75, 3.05) is 52.8 Å². The molecule has 1 amide bonds. The lowest BCUT2D eigenvalue weighted by molar-refractivity contribution is -0.109. The smallest absolute Gasteiger partial charge is 0.256 e. The quantitative estimate of drug-likeness (QED) is 0.369. The number of halogens is 2. The van der Waals surface area contributed by atoms with E-state index in [2.05, 4.69) is 16.0 Å². The number of hydrogen-bond acceptors (Lipinski definition) is 7. The summed E-state index contributed by atoms with van der Waals surface area (Å²) >= 11 is 6.25. The van der Waals surface area contributed by atoms with Crippen LogP contribution in [0, 0.1) is 11.7 Å². The number of carbonyl (C=O) groups is 2. The Kier molecular flexibility index (Phi) is 9.55. The molecule has 1 saturated heterocycles. The van der Waals surface area contributed by atoms with Crippen molar-refractivity contribution in [3.8, 4) is 11.5 Å². The zero-order valence-corrected chi connectivity index (χ0v) is 21.6. The Balaban J connectivity index is 1.64. The summed E-state index contributed by atoms with van der Waals surface area (Å²) in [4.78, 5) is 25.0. The highest BCUT2D eigenvalue weighted by Crippen LogP contribution is 2.32. The van der Waals surface area contributed by atoms with E-state index in [1.54, 1.807) is 18.0 Å². The van der Waals surface area contributed by atoms with Gasteiger partial charge in [0, 0.05) is 55.5 Å². The lowest BCUT2D eigenvalue weighted by Crippen LogP contribution is -2.52. The minimum atomic E-state index is -0.701. The molecule has 3 rings (SSSR count). The number of nitrogens with one attached hydrogen (secondary N) is 3. The molecule has 1 atom stereocenters. The van der Waals surface area contributed by atoms with E-state index < -0.39 is 11.7 Å². The number of anilines is 1. The molecule has 1 unspecified atom stereocenters. The summed E-state index contributed by atoms with van der Waals surface area (Å²) in [6.07, 6.45) is 2.62. The van der Waals surface area contributed by atoms with Crippen LogP contribution >= 0.6 is 11.6 Å². The van der Waals surface area contributed by atoms with Crippen LogP contribution in [0.3, 0.4) is 0 Å². The molecule has 3 N–H and O–H groups in total. The van der Waals surface area contributed by atoms with Gasteiger partial charge in [-0.3, -0.25) is 9.59 Å². The molecule has 0 radical (unpaired) electrons. The summed E-state index contributed by atoms with van der Waals surface area (Å²) in [6, 6.07) is 7.91. The van der Waals surface area contributed by atoms with Gasteiger partial charge in [-0.05, 0) is 44.3 Å². The fourth-order valence-electron chi connectivity index (χ4n) is 3.93. The van der Waals surface area contributed by atoms with Gasteiger partial charge in [0.05, 0.1) is 23.9 Å². The molecule has 10 heteroatoms. The van der Waals surface area contributed by atoms with Crippen LogP contribution in [0.2, 0.25) is 5.02 Å². The summed E-state index contributed by atoms with van der Waals surface area (Å²) in [5.41, 5.74) is 2.29. The second kappa shape index (κ2) is 12.6. The number of rotatable bonds is 12. The van der Waals surface area contributed by atoms with E-state index in [1.165, 1.54) is 6.07 Å². The van der Waals surface area contributed by atoms with E-state index in [0.29, 0.717) is 42.4 Å². The van der Waals surface area contributed by atoms with Gasteiger partial charge < -0.3 is 30.3 Å². The number of ether oxygens (including phenoxy) is 2. The third kappa shape index (κ3) is 6.47. The Morgan fingerprint density at radius 1 is 1.19 bits per heavy atom. The summed E-state index contributed by atoms with van der Waals surface area (Å²) in [6.45, 7) is 3.09. The van der Waals surface area contributed by atoms with Crippen molar-refractivity contribution in [3.05, 3.63) is 64.1 Å². The molecule has 0 bridgehead atoms. The van der Waals surface area contributed by atoms with Crippen LogP contribution < -0.4 is 25.4 Å². The largest absolute Gasteiger partial charge is 0.493 e. The van der Waals surface area contributed by atoms with Gasteiger partial charge in [0.15, 0.2) is 6.29 Å². The Hall–Kier alpha value is -3.30. The predicted octanol–water partition coefficient (Wildman–Crippen LogP) is 3.63. The normalized spacial score (nSPS) is 14.6. The van der Waals surface area contributed by atoms with Gasteiger partial charge in [0.1, 0.15) is 23.9 Å². The molecule has 194 valence electrons. The third-order valence-electron chi connectivity index (χ3n) is 6.02. The first-order chi connectivity index (χ1) is 17.3. The third-order valence-corrected chi connectivity index (χ3v) is 6.26. The van der Waals surface area contributed by atoms with Crippen LogP contribution in [-0.2, 0) is 4.79 Å². The van der Waals surface area contributed by atoms with Crippen molar-refractivity contribution in [1.82, 2.24) is 15.5 Å². The number of benzene rings is 2. The van der Waals surface area contributed by atoms with Crippen molar-refractivity contribution in [1.29, 1.82) is 0 Å². The molecule has 1 heterocycles. The second-order valence-electron chi connectivity index (χ2n) is 8.49. The average Bonchev–Trinajstić information content (AvgIpc) is 2.85. The Labute approximate surface area is 215 Å². The summed E-state index contributed by atoms with van der Waals surface area (Å²) in [7, 11) is 5.36. The van der Waals surface area contributed by atoms with E-state index in [-0.39, 0.29) is 29.9 Å². The molecular weight excluding hydrogens is 487 g/mol. The topological polar surface area (TPSA) is 91.9 Å². The van der Waals surface area contributed by atoms with Crippen molar-refractivity contribution in [3.63, 3.8) is 0 Å². The van der Waals surface area contributed by atoms with Crippen molar-refractivity contribution in [2.24, 2.45) is 5.92 Å². The van der Waals surface area contributed by atoms with E-state index >= 15 is 0 Å². The minimum Gasteiger partial charge on any atom is -0.493 e. The van der Waals surface area contributed by atoms with E-state index in [0.717, 1.165) is 17.3 Å². The first kappa shape index (κ1) is 27.3. The van der Waals surface area contributed by atoms with Crippen molar-refractivity contribution < 1.29 is 23.5 Å². The maximum Gasteiger partial charge on any atom is 0.256 e. The Morgan fingerprint density at radius 2 is 1.94 bits per heavy atom. The summed E-state index contributed by atoms with van der Waals surface area (Å²) in [5.74, 6) is -0.112. The van der Waals surface area contributed by atoms with Gasteiger partial charge in [-0.2, -0.15) is 0 Å². The molecule has 1 fully saturated rings. The Morgan fingerprint density at radius 3 is 2.58 bits per heavy atom. The first-order valence-electron chi connectivity index (χ1n) is 11.6. The van der Waals surface area contributed by atoms with Crippen LogP contribution in [0.5, 0.6) is 11.5 Å². The number of likely N-dealkylation sites (tertiary alicyclic amines) is 1. The van der Waals surface area contributed by atoms with Crippen LogP contribution in [0.1, 0.15) is 28.9 Å². The molecule has 36 heavy (non-hydrogen) atoms. The summed E-state index contributed by atoms with van der Waals surface area (Å²) in [5, 5.41) is 9.85. The number of nitrogens with zero attached hydrogens (tertiary/aromatic N) is 1. The molecule has 2 aromatic carbocycles. The van der Waals surface area contributed by atoms with E-state index in [4.69, 9.17) is 21.1 Å². The lowest BCUT2D eigenvalue weighted by atomic mass is 9.99. The van der Waals surface area contributed by atoms with Gasteiger partial charge in [-0.1, -0.05) is 11.6 Å². The van der Waals surface area contributed by atoms with Gasteiger partial charge in [0.2, 0.25) is 0 Å². The van der Waals surface area contributed by atoms with Gasteiger partial charge >= 0.3 is 0 Å². The number of amides is 1. The molecule has 8 nitrogen and oxygen atoms in total. The highest BCUT2D eigenvalue weighted by atomic mass is 35.5. The van der Waals surface area contributed by atoms with E-state index in [9.17, 15) is 14.0 Å². The second-order valence-corrected chi connectivity index (χ2v) is 8.93. The zero-order chi connectivity index (χ0) is 26.2. The van der Waals surface area contributed by atoms with Crippen LogP contribution in [0.15, 0.2) is 42.1 Å². The molecule has 0 aliphatic carbocycles. The molecule has 1 aliphatic rings. The number of aldehydes is 1. The van der Waals surface area contributed by atoms with Crippen molar-refractivity contribution in [2.45, 2.75) is 13.0 Å². The number of allylic oxidation sites excluding steroid dienone is 1. The first-order valence-corrected chi connectivity index (χ1v) is 12.0. The number of carbonyl (C=O) groups excluding carboxylic acids is 2. The minimum absolute atomic E-state index is 0.0549. The summed E-state index contributed by atoms with van der Waals surface area (Å²) < 4.78 is 26.0. The van der Waals surface area contributed by atoms with Gasteiger partial charge in [-0.25, -0.2) is 4.39 Å². The molecule has 0 spiro atoms. The van der Waals surface area contributed by atoms with Gasteiger partial charge in [-0.15, -0.1) is 0 Å². The fourth-order valence-corrected chi connectivity index (χ4v) is 4.11. The zero-order valence-electron chi connectivity index (χ0n) is 20.9. The average molecular weight is 519 g/mol. The van der Waals surface area contributed by atoms with Crippen LogP contribution in [-0.4, -0.2) is 64.5 Å². The SMILES string of the molecule is CN/C(C)=C\C(NC)c1cc(Cl)ccc1OCC1CN(C(=O)c2cc(NC)c(OCC=O)cc2F)C1. The lowest BCUT2D eigenvalue weighted by Gasteiger charge is -2.39. The molecular formula is C26H32ClFN4O4. The van der Waals surface area contributed by atoms with Crippen LogP contribution in [0.25, 0.3) is 0 Å². The maximum atomic E-state index is 14.6. The fraction of sp³-hybridized carbons (Fsp3) is 0.385. The monoisotopic (exact) mass is 518 g/mol. The Bertz CT molecular complexity index is 1120. The highest BCUT2D eigenvalue weighted by molar-refractivity contribution is 6.30. The van der Waals surface area contributed by atoms with Crippen LogP contribution in [0.4, 0.5) is 10.1 Å². The maximum absolute atomic E-state index is 14.6. The molecule has 0 aromatic heterocycles. The van der Waals surface area contributed by atoms with Crippen molar-refractivity contribution >= 4 is 29.5 Å². The number of likely N-dealkylation sites (N-methyl/N-ethyl adjacent to an activating group) is 1. The van der Waals surface area contributed by atoms with E-state index in [1.807, 2.05) is 39.2 Å². The molecule has 1 aliphatic heterocycles. The standard InChI is InChI=1S/C26H32ClFN4O4/c1-16(29-2)9-22(30-3)20-10-18(27)5-6-24(20)36-15-17-13-32(14-17)26(34)19-11-23(31-4)25(12-21(19)28)35-8-7-33/h5-7,9-12,17,22,29-31H,8,13-15H2,1-4H3/b16-9-. The predicted molar refractivity (Wildman–Crippen MR) is 138 cm³/mol. The highest BCUT2D eigenvalue weighted by Gasteiger charge is 2.33. The molecule has 0 saturated carbocycles. The van der Waals surface area contributed by atoms with Gasteiger partial charge in [0.25, 0.3) is 5.91 Å². The number of hydrogen-bond donors (Lipinski definition) is 3.